The van der Waals surface area contributed by atoms with Crippen molar-refractivity contribution < 1.29 is 23.8 Å². The molecule has 1 N–H and O–H groups in total. The van der Waals surface area contributed by atoms with Gasteiger partial charge in [-0.05, 0) is 68.8 Å². The lowest BCUT2D eigenvalue weighted by molar-refractivity contribution is -0.0592. The van der Waals surface area contributed by atoms with Gasteiger partial charge in [-0.15, -0.1) is 0 Å². The van der Waals surface area contributed by atoms with Gasteiger partial charge in [0.1, 0.15) is 18.0 Å². The SMILES string of the molecule is O=C(O)c1ccc2nc(CN3CCC(c4cccc(OCc5ccc(Cl)c6ccoc56)n4)CC3)n(CC3CCO3)c2c1. The predicted octanol–water partition coefficient (Wildman–Crippen LogP) is 6.28. The van der Waals surface area contributed by atoms with Gasteiger partial charge in [-0.3, -0.25) is 4.90 Å². The molecular weight excluding hydrogens is 556 g/mol. The van der Waals surface area contributed by atoms with Crippen molar-refractivity contribution in [2.24, 2.45) is 0 Å². The maximum atomic E-state index is 11.6. The molecule has 0 bridgehead atoms. The van der Waals surface area contributed by atoms with E-state index in [1.165, 1.54) is 0 Å². The number of nitrogens with zero attached hydrogens (tertiary/aromatic N) is 4. The number of carboxylic acid groups (broad SMARTS) is 1. The molecule has 1 unspecified atom stereocenters. The van der Waals surface area contributed by atoms with Crippen LogP contribution in [0.2, 0.25) is 5.02 Å². The largest absolute Gasteiger partial charge is 0.478 e. The van der Waals surface area contributed by atoms with Gasteiger partial charge in [0.2, 0.25) is 5.88 Å². The zero-order valence-electron chi connectivity index (χ0n) is 23.0. The Bertz CT molecular complexity index is 1750. The number of ether oxygens (including phenoxy) is 2. The van der Waals surface area contributed by atoms with Crippen LogP contribution in [-0.2, 0) is 24.4 Å². The van der Waals surface area contributed by atoms with E-state index < -0.39 is 5.97 Å². The lowest BCUT2D eigenvalue weighted by atomic mass is 9.93. The number of piperidine rings is 1. The van der Waals surface area contributed by atoms with Crippen LogP contribution >= 0.6 is 11.6 Å². The van der Waals surface area contributed by atoms with E-state index in [0.717, 1.165) is 78.0 Å². The second kappa shape index (κ2) is 11.4. The first-order valence-corrected chi connectivity index (χ1v) is 14.7. The monoisotopic (exact) mass is 586 g/mol. The number of rotatable bonds is 9. The molecular formula is C32H31ClN4O5. The minimum atomic E-state index is -0.934. The number of furan rings is 1. The highest BCUT2D eigenvalue weighted by molar-refractivity contribution is 6.35. The summed E-state index contributed by atoms with van der Waals surface area (Å²) in [5.41, 5.74) is 4.64. The molecule has 2 aliphatic heterocycles. The molecule has 0 aliphatic carbocycles. The van der Waals surface area contributed by atoms with E-state index in [9.17, 15) is 9.90 Å². The summed E-state index contributed by atoms with van der Waals surface area (Å²) >= 11 is 6.27. The Balaban J connectivity index is 1.01. The molecule has 216 valence electrons. The maximum absolute atomic E-state index is 11.6. The molecule has 0 radical (unpaired) electrons. The Labute approximate surface area is 247 Å². The number of carbonyl (C=O) groups is 1. The molecule has 2 aliphatic rings. The number of imidazole rings is 1. The highest BCUT2D eigenvalue weighted by Gasteiger charge is 2.26. The Morgan fingerprint density at radius 2 is 1.93 bits per heavy atom. The molecule has 0 spiro atoms. The van der Waals surface area contributed by atoms with E-state index in [0.29, 0.717) is 36.5 Å². The quantitative estimate of drug-likeness (QED) is 0.215. The minimum Gasteiger partial charge on any atom is -0.478 e. The summed E-state index contributed by atoms with van der Waals surface area (Å²) in [5, 5.41) is 11.1. The van der Waals surface area contributed by atoms with E-state index in [-0.39, 0.29) is 11.7 Å². The van der Waals surface area contributed by atoms with Gasteiger partial charge in [-0.2, -0.15) is 0 Å². The fraction of sp³-hybridized carbons (Fsp3) is 0.344. The summed E-state index contributed by atoms with van der Waals surface area (Å²) in [6.45, 7) is 4.34. The molecule has 42 heavy (non-hydrogen) atoms. The summed E-state index contributed by atoms with van der Waals surface area (Å²) < 4.78 is 19.6. The maximum Gasteiger partial charge on any atom is 0.335 e. The van der Waals surface area contributed by atoms with Crippen LogP contribution in [0.3, 0.4) is 0 Å². The normalized spacial score (nSPS) is 18.0. The van der Waals surface area contributed by atoms with Crippen molar-refractivity contribution in [3.8, 4) is 5.88 Å². The zero-order valence-corrected chi connectivity index (χ0v) is 23.8. The van der Waals surface area contributed by atoms with Crippen LogP contribution in [0.4, 0.5) is 0 Å². The van der Waals surface area contributed by atoms with Gasteiger partial charge < -0.3 is 23.6 Å². The van der Waals surface area contributed by atoms with Crippen molar-refractivity contribution in [1.29, 1.82) is 0 Å². The van der Waals surface area contributed by atoms with Gasteiger partial charge >= 0.3 is 5.97 Å². The molecule has 1 atom stereocenters. The summed E-state index contributed by atoms with van der Waals surface area (Å²) in [5.74, 6) is 0.952. The lowest BCUT2D eigenvalue weighted by Gasteiger charge is -2.32. The van der Waals surface area contributed by atoms with Gasteiger partial charge in [0.25, 0.3) is 0 Å². The van der Waals surface area contributed by atoms with Crippen LogP contribution in [0, 0.1) is 0 Å². The van der Waals surface area contributed by atoms with Crippen LogP contribution < -0.4 is 4.74 Å². The van der Waals surface area contributed by atoms with Crippen molar-refractivity contribution in [2.45, 2.75) is 51.0 Å². The molecule has 5 heterocycles. The summed E-state index contributed by atoms with van der Waals surface area (Å²) in [7, 11) is 0. The number of hydrogen-bond acceptors (Lipinski definition) is 7. The third-order valence-corrected chi connectivity index (χ3v) is 8.72. The molecule has 2 saturated heterocycles. The van der Waals surface area contributed by atoms with Gasteiger partial charge in [0, 0.05) is 35.2 Å². The third kappa shape index (κ3) is 5.35. The molecule has 7 rings (SSSR count). The fourth-order valence-corrected chi connectivity index (χ4v) is 6.15. The van der Waals surface area contributed by atoms with Crippen molar-refractivity contribution in [2.75, 3.05) is 19.7 Å². The number of aromatic nitrogens is 3. The molecule has 5 aromatic rings. The van der Waals surface area contributed by atoms with E-state index in [4.69, 9.17) is 35.5 Å². The van der Waals surface area contributed by atoms with Crippen LogP contribution in [0.5, 0.6) is 5.88 Å². The number of pyridine rings is 1. The Morgan fingerprint density at radius 1 is 1.07 bits per heavy atom. The average molecular weight is 587 g/mol. The second-order valence-corrected chi connectivity index (χ2v) is 11.4. The van der Waals surface area contributed by atoms with E-state index in [2.05, 4.69) is 15.5 Å². The van der Waals surface area contributed by atoms with Crippen molar-refractivity contribution in [3.63, 3.8) is 0 Å². The standard InChI is InChI=1S/C32H31ClN4O5/c33-25-6-4-22(31-24(25)11-15-41-31)19-42-30-3-1-2-26(35-30)20-8-12-36(13-9-20)18-29-34-27-7-5-21(32(38)39)16-28(27)37(29)17-23-10-14-40-23/h1-7,11,15-16,20,23H,8-10,12-14,17-19H2,(H,38,39). The molecule has 2 fully saturated rings. The molecule has 2 aromatic carbocycles. The molecule has 3 aromatic heterocycles. The zero-order chi connectivity index (χ0) is 28.6. The van der Waals surface area contributed by atoms with Crippen molar-refractivity contribution in [3.05, 3.63) is 88.5 Å². The minimum absolute atomic E-state index is 0.144. The smallest absolute Gasteiger partial charge is 0.335 e. The molecule has 10 heteroatoms. The third-order valence-electron chi connectivity index (χ3n) is 8.39. The van der Waals surface area contributed by atoms with Crippen LogP contribution in [0.15, 0.2) is 65.3 Å². The number of fused-ring (bicyclic) bond motifs is 2. The summed E-state index contributed by atoms with van der Waals surface area (Å²) in [6.07, 6.45) is 4.75. The fourth-order valence-electron chi connectivity index (χ4n) is 5.94. The van der Waals surface area contributed by atoms with Gasteiger partial charge in [-0.1, -0.05) is 23.7 Å². The number of hydrogen-bond donors (Lipinski definition) is 1. The van der Waals surface area contributed by atoms with E-state index in [1.807, 2.05) is 30.3 Å². The predicted molar refractivity (Wildman–Crippen MR) is 158 cm³/mol. The number of carboxylic acids is 1. The highest BCUT2D eigenvalue weighted by Crippen LogP contribution is 2.31. The highest BCUT2D eigenvalue weighted by atomic mass is 35.5. The molecule has 9 nitrogen and oxygen atoms in total. The lowest BCUT2D eigenvalue weighted by Crippen LogP contribution is -2.35. The summed E-state index contributed by atoms with van der Waals surface area (Å²) in [4.78, 5) is 23.8. The van der Waals surface area contributed by atoms with Crippen LogP contribution in [0.1, 0.15) is 52.6 Å². The van der Waals surface area contributed by atoms with Crippen LogP contribution in [0.25, 0.3) is 22.0 Å². The first kappa shape index (κ1) is 26.9. The molecule has 0 saturated carbocycles. The van der Waals surface area contributed by atoms with Crippen molar-refractivity contribution in [1.82, 2.24) is 19.4 Å². The second-order valence-electron chi connectivity index (χ2n) is 11.0. The van der Waals surface area contributed by atoms with E-state index in [1.54, 1.807) is 24.5 Å². The average Bonchev–Trinajstić information content (AvgIpc) is 3.61. The first-order valence-electron chi connectivity index (χ1n) is 14.3. The number of aromatic carboxylic acids is 1. The number of halogens is 1. The summed E-state index contributed by atoms with van der Waals surface area (Å²) in [6, 6.07) is 16.8. The van der Waals surface area contributed by atoms with Gasteiger partial charge in [0.05, 0.1) is 47.1 Å². The number of likely N-dealkylation sites (tertiary alicyclic amines) is 1. The number of benzene rings is 2. The van der Waals surface area contributed by atoms with Crippen LogP contribution in [-0.4, -0.2) is 56.3 Å². The topological polar surface area (TPSA) is 103 Å². The van der Waals surface area contributed by atoms with Crippen molar-refractivity contribution >= 4 is 39.6 Å². The molecule has 0 amide bonds. The Morgan fingerprint density at radius 3 is 2.71 bits per heavy atom. The first-order chi connectivity index (χ1) is 20.5. The van der Waals surface area contributed by atoms with Gasteiger partial charge in [0.15, 0.2) is 0 Å². The Kier molecular flexibility index (Phi) is 7.31. The van der Waals surface area contributed by atoms with E-state index >= 15 is 0 Å². The van der Waals surface area contributed by atoms with Gasteiger partial charge in [-0.25, -0.2) is 14.8 Å². The Hall–Kier alpha value is -3.92.